The van der Waals surface area contributed by atoms with Crippen molar-refractivity contribution in [2.75, 3.05) is 0 Å². The Morgan fingerprint density at radius 3 is 2.00 bits per heavy atom. The number of fused-ring (bicyclic) bond motifs is 5. The fourth-order valence-electron chi connectivity index (χ4n) is 7.26. The molecule has 2 nitrogen and oxygen atoms in total. The molecule has 0 bridgehead atoms. The van der Waals surface area contributed by atoms with E-state index in [0.717, 1.165) is 0 Å². The largest absolute Gasteiger partial charge is 0.307 e. The average molecular weight is 538 g/mol. The third-order valence-corrected chi connectivity index (χ3v) is 9.41. The van der Waals surface area contributed by atoms with Crippen molar-refractivity contribution in [2.45, 2.75) is 73.1 Å². The summed E-state index contributed by atoms with van der Waals surface area (Å²) in [4.78, 5) is 0. The summed E-state index contributed by atoms with van der Waals surface area (Å²) in [5.41, 5.74) is 15.0. The van der Waals surface area contributed by atoms with E-state index in [1.807, 2.05) is 0 Å². The van der Waals surface area contributed by atoms with Crippen molar-refractivity contribution in [1.29, 1.82) is 0 Å². The van der Waals surface area contributed by atoms with Crippen molar-refractivity contribution in [3.05, 3.63) is 94.7 Å². The maximum atomic E-state index is 2.57. The first-order valence-electron chi connectivity index (χ1n) is 15.3. The van der Waals surface area contributed by atoms with Crippen LogP contribution in [0.4, 0.5) is 0 Å². The standard InChI is InChI=1S/C39H41N2/c1-21(2)27-18-31(22(3)4)36(32(19-27)23(5)6)28-17-26-14-15-40(9)39-35-25(8)11-13-30-29-12-10-24(7)16-33(29)41(38(30)35)34(20-28)37(26)39/h10-23H,1-9H3/q+1. The highest BCUT2D eigenvalue weighted by Gasteiger charge is 2.26. The maximum Gasteiger partial charge on any atom is 0.224 e. The smallest absolute Gasteiger partial charge is 0.224 e. The number of benzene rings is 4. The van der Waals surface area contributed by atoms with Gasteiger partial charge in [-0.3, -0.25) is 0 Å². The van der Waals surface area contributed by atoms with E-state index in [4.69, 9.17) is 0 Å². The first-order valence-corrected chi connectivity index (χ1v) is 15.3. The fraction of sp³-hybridized carbons (Fsp3) is 0.308. The maximum absolute atomic E-state index is 2.57. The van der Waals surface area contributed by atoms with Crippen LogP contribution in [0.3, 0.4) is 0 Å². The predicted octanol–water partition coefficient (Wildman–Crippen LogP) is 10.5. The van der Waals surface area contributed by atoms with E-state index < -0.39 is 0 Å². The van der Waals surface area contributed by atoms with Crippen LogP contribution in [-0.2, 0) is 7.05 Å². The van der Waals surface area contributed by atoms with Crippen LogP contribution in [0.2, 0.25) is 0 Å². The summed E-state index contributed by atoms with van der Waals surface area (Å²) in [5, 5.41) is 6.67. The quantitative estimate of drug-likeness (QED) is 0.120. The molecule has 7 rings (SSSR count). The molecular weight excluding hydrogens is 496 g/mol. The van der Waals surface area contributed by atoms with E-state index in [-0.39, 0.29) is 0 Å². The molecule has 0 unspecified atom stereocenters. The van der Waals surface area contributed by atoms with Crippen molar-refractivity contribution in [1.82, 2.24) is 4.40 Å². The van der Waals surface area contributed by atoms with Crippen LogP contribution in [-0.4, -0.2) is 4.40 Å². The summed E-state index contributed by atoms with van der Waals surface area (Å²) >= 11 is 0. The van der Waals surface area contributed by atoms with Gasteiger partial charge in [-0.15, -0.1) is 0 Å². The molecule has 0 amide bonds. The molecule has 3 heterocycles. The highest BCUT2D eigenvalue weighted by Crippen LogP contribution is 2.44. The van der Waals surface area contributed by atoms with Gasteiger partial charge in [0, 0.05) is 16.8 Å². The molecule has 0 saturated carbocycles. The van der Waals surface area contributed by atoms with Crippen molar-refractivity contribution in [2.24, 2.45) is 7.05 Å². The third kappa shape index (κ3) is 3.66. The second kappa shape index (κ2) is 9.05. The summed E-state index contributed by atoms with van der Waals surface area (Å²) < 4.78 is 4.90. The Hall–Kier alpha value is -3.91. The van der Waals surface area contributed by atoms with Gasteiger partial charge in [0.05, 0.1) is 27.3 Å². The molecule has 0 spiro atoms. The van der Waals surface area contributed by atoms with Crippen molar-refractivity contribution >= 4 is 49.0 Å². The molecule has 4 aromatic carbocycles. The van der Waals surface area contributed by atoms with E-state index in [1.54, 1.807) is 0 Å². The van der Waals surface area contributed by atoms with E-state index >= 15 is 0 Å². The first-order chi connectivity index (χ1) is 19.6. The lowest BCUT2D eigenvalue weighted by Gasteiger charge is -2.24. The minimum atomic E-state index is 0.433. The lowest BCUT2D eigenvalue weighted by atomic mass is 9.81. The van der Waals surface area contributed by atoms with Crippen LogP contribution in [0, 0.1) is 13.8 Å². The number of aryl methyl sites for hydroxylation is 3. The van der Waals surface area contributed by atoms with E-state index in [2.05, 4.69) is 138 Å². The van der Waals surface area contributed by atoms with Crippen LogP contribution < -0.4 is 4.57 Å². The van der Waals surface area contributed by atoms with Crippen LogP contribution in [0.1, 0.15) is 87.1 Å². The SMILES string of the molecule is Cc1ccc2c3ccc(C)c4c3n(c2c1)c1cc(-c2c(C(C)C)cc(C(C)C)cc2C(C)C)cc2cc[n+](C)c4c21. The number of hydrogen-bond acceptors (Lipinski definition) is 0. The Kier molecular flexibility index (Phi) is 5.74. The number of pyridine rings is 2. The van der Waals surface area contributed by atoms with Crippen LogP contribution in [0.5, 0.6) is 0 Å². The highest BCUT2D eigenvalue weighted by molar-refractivity contribution is 6.26. The lowest BCUT2D eigenvalue weighted by Crippen LogP contribution is -2.28. The number of aromatic nitrogens is 2. The zero-order chi connectivity index (χ0) is 28.9. The monoisotopic (exact) mass is 537 g/mol. The van der Waals surface area contributed by atoms with E-state index in [0.29, 0.717) is 17.8 Å². The Labute approximate surface area is 243 Å². The Bertz CT molecular complexity index is 2120. The van der Waals surface area contributed by atoms with Gasteiger partial charge in [0.1, 0.15) is 7.05 Å². The molecule has 206 valence electrons. The molecule has 0 N–H and O–H groups in total. The van der Waals surface area contributed by atoms with Crippen LogP contribution >= 0.6 is 0 Å². The molecule has 3 aromatic heterocycles. The van der Waals surface area contributed by atoms with E-state index in [1.165, 1.54) is 87.9 Å². The fourth-order valence-corrected chi connectivity index (χ4v) is 7.26. The molecule has 0 aliphatic rings. The van der Waals surface area contributed by atoms with Gasteiger partial charge in [0.15, 0.2) is 6.20 Å². The Morgan fingerprint density at radius 2 is 1.34 bits per heavy atom. The zero-order valence-electron chi connectivity index (χ0n) is 26.0. The molecule has 2 heteroatoms. The molecule has 41 heavy (non-hydrogen) atoms. The topological polar surface area (TPSA) is 8.29 Å². The van der Waals surface area contributed by atoms with Gasteiger partial charge in [-0.25, -0.2) is 4.57 Å². The summed E-state index contributed by atoms with van der Waals surface area (Å²) in [5.74, 6) is 1.37. The molecule has 0 radical (unpaired) electrons. The van der Waals surface area contributed by atoms with Gasteiger partial charge < -0.3 is 4.40 Å². The van der Waals surface area contributed by atoms with Gasteiger partial charge in [-0.05, 0) is 94.1 Å². The summed E-state index contributed by atoms with van der Waals surface area (Å²) in [6, 6.07) is 23.8. The average Bonchev–Trinajstić information content (AvgIpc) is 3.26. The molecule has 7 aromatic rings. The number of hydrogen-bond donors (Lipinski definition) is 0. The number of rotatable bonds is 4. The molecule has 0 atom stereocenters. The van der Waals surface area contributed by atoms with Crippen molar-refractivity contribution in [3.8, 4) is 11.1 Å². The van der Waals surface area contributed by atoms with Crippen molar-refractivity contribution in [3.63, 3.8) is 0 Å². The molecule has 0 saturated heterocycles. The predicted molar refractivity (Wildman–Crippen MR) is 177 cm³/mol. The minimum Gasteiger partial charge on any atom is -0.307 e. The van der Waals surface area contributed by atoms with Crippen LogP contribution in [0.15, 0.2) is 66.9 Å². The molecule has 0 aliphatic heterocycles. The molecule has 0 aliphatic carbocycles. The highest BCUT2D eigenvalue weighted by atomic mass is 15.0. The lowest BCUT2D eigenvalue weighted by molar-refractivity contribution is -0.643. The minimum absolute atomic E-state index is 0.433. The molecular formula is C39H41N2+. The van der Waals surface area contributed by atoms with Gasteiger partial charge in [0.2, 0.25) is 5.52 Å². The third-order valence-electron chi connectivity index (χ3n) is 9.41. The first kappa shape index (κ1) is 26.0. The summed E-state index contributed by atoms with van der Waals surface area (Å²) in [7, 11) is 2.20. The normalized spacial score (nSPS) is 12.7. The second-order valence-corrected chi connectivity index (χ2v) is 13.3. The molecule has 0 fully saturated rings. The van der Waals surface area contributed by atoms with Crippen molar-refractivity contribution < 1.29 is 4.57 Å². The van der Waals surface area contributed by atoms with Gasteiger partial charge in [-0.1, -0.05) is 77.9 Å². The van der Waals surface area contributed by atoms with Crippen LogP contribution in [0.25, 0.3) is 60.1 Å². The second-order valence-electron chi connectivity index (χ2n) is 13.3. The van der Waals surface area contributed by atoms with Gasteiger partial charge >= 0.3 is 0 Å². The van der Waals surface area contributed by atoms with Gasteiger partial charge in [0.25, 0.3) is 0 Å². The number of nitrogens with zero attached hydrogens (tertiary/aromatic N) is 2. The summed E-state index contributed by atoms with van der Waals surface area (Å²) in [6.45, 7) is 18.5. The zero-order valence-corrected chi connectivity index (χ0v) is 26.0. The Morgan fingerprint density at radius 1 is 0.659 bits per heavy atom. The van der Waals surface area contributed by atoms with Gasteiger partial charge in [-0.2, -0.15) is 0 Å². The van der Waals surface area contributed by atoms with E-state index in [9.17, 15) is 0 Å². The Balaban J connectivity index is 1.75. The summed E-state index contributed by atoms with van der Waals surface area (Å²) in [6.07, 6.45) is 2.25.